The molecule has 4 heteroatoms. The van der Waals surface area contributed by atoms with Crippen LogP contribution < -0.4 is 11.5 Å². The van der Waals surface area contributed by atoms with Gasteiger partial charge in [0.25, 0.3) is 0 Å². The molecule has 1 fully saturated rings. The summed E-state index contributed by atoms with van der Waals surface area (Å²) in [6.07, 6.45) is 2.00. The van der Waals surface area contributed by atoms with Gasteiger partial charge in [0.2, 0.25) is 5.91 Å². The fourth-order valence-electron chi connectivity index (χ4n) is 1.51. The lowest BCUT2D eigenvalue weighted by atomic mass is 9.72. The Labute approximate surface area is 65.9 Å². The molecule has 0 heterocycles. The molecule has 1 saturated carbocycles. The standard InChI is InChI=1S/C7H14N2O2/c1-11-5-2-3-7(5,9)4-6(8)10/h5H,2-4,9H2,1H3,(H2,8,10). The van der Waals surface area contributed by atoms with E-state index in [9.17, 15) is 4.79 Å². The number of amides is 1. The number of methoxy groups -OCH3 is 1. The van der Waals surface area contributed by atoms with E-state index in [0.29, 0.717) is 0 Å². The molecule has 11 heavy (non-hydrogen) atoms. The van der Waals surface area contributed by atoms with Gasteiger partial charge in [-0.25, -0.2) is 0 Å². The van der Waals surface area contributed by atoms with Crippen LogP contribution in [0.25, 0.3) is 0 Å². The Morgan fingerprint density at radius 1 is 1.82 bits per heavy atom. The molecule has 2 unspecified atom stereocenters. The summed E-state index contributed by atoms with van der Waals surface area (Å²) in [6.45, 7) is 0. The first-order valence-electron chi connectivity index (χ1n) is 3.68. The number of rotatable bonds is 3. The smallest absolute Gasteiger partial charge is 0.219 e. The van der Waals surface area contributed by atoms with Crippen molar-refractivity contribution in [2.75, 3.05) is 7.11 Å². The van der Waals surface area contributed by atoms with E-state index in [1.54, 1.807) is 7.11 Å². The average Bonchev–Trinajstić information content (AvgIpc) is 1.85. The summed E-state index contributed by atoms with van der Waals surface area (Å²) in [7, 11) is 1.60. The van der Waals surface area contributed by atoms with Gasteiger partial charge in [-0.1, -0.05) is 0 Å². The van der Waals surface area contributed by atoms with Crippen molar-refractivity contribution in [2.24, 2.45) is 11.5 Å². The van der Waals surface area contributed by atoms with Gasteiger partial charge < -0.3 is 16.2 Å². The Balaban J connectivity index is 2.47. The molecule has 0 aromatic rings. The predicted octanol–water partition coefficient (Wildman–Crippen LogP) is -0.632. The van der Waals surface area contributed by atoms with Crippen LogP contribution in [0.2, 0.25) is 0 Å². The van der Waals surface area contributed by atoms with E-state index >= 15 is 0 Å². The quantitative estimate of drug-likeness (QED) is 0.574. The highest BCUT2D eigenvalue weighted by atomic mass is 16.5. The van der Waals surface area contributed by atoms with E-state index in [4.69, 9.17) is 16.2 Å². The van der Waals surface area contributed by atoms with Crippen LogP contribution >= 0.6 is 0 Å². The summed E-state index contributed by atoms with van der Waals surface area (Å²) < 4.78 is 5.07. The minimum absolute atomic E-state index is 0.00926. The van der Waals surface area contributed by atoms with Crippen molar-refractivity contribution in [3.05, 3.63) is 0 Å². The van der Waals surface area contributed by atoms with Gasteiger partial charge in [0, 0.05) is 13.5 Å². The second-order valence-electron chi connectivity index (χ2n) is 3.14. The molecule has 4 nitrogen and oxygen atoms in total. The minimum Gasteiger partial charge on any atom is -0.380 e. The molecular weight excluding hydrogens is 144 g/mol. The molecule has 0 saturated heterocycles. The van der Waals surface area contributed by atoms with Gasteiger partial charge in [0.1, 0.15) is 0 Å². The highest BCUT2D eigenvalue weighted by Gasteiger charge is 2.44. The fraction of sp³-hybridized carbons (Fsp3) is 0.857. The van der Waals surface area contributed by atoms with Crippen molar-refractivity contribution in [3.8, 4) is 0 Å². The Kier molecular flexibility index (Phi) is 2.15. The van der Waals surface area contributed by atoms with E-state index in [2.05, 4.69) is 0 Å². The number of hydrogen-bond donors (Lipinski definition) is 2. The first-order valence-corrected chi connectivity index (χ1v) is 3.68. The topological polar surface area (TPSA) is 78.3 Å². The molecular formula is C7H14N2O2. The molecule has 0 spiro atoms. The molecule has 0 aliphatic heterocycles. The first kappa shape index (κ1) is 8.49. The van der Waals surface area contributed by atoms with E-state index in [1.807, 2.05) is 0 Å². The summed E-state index contributed by atoms with van der Waals surface area (Å²) in [5.74, 6) is -0.353. The van der Waals surface area contributed by atoms with Crippen LogP contribution in [0.3, 0.4) is 0 Å². The molecule has 0 aromatic carbocycles. The van der Waals surface area contributed by atoms with E-state index in [1.165, 1.54) is 0 Å². The molecule has 4 N–H and O–H groups in total. The van der Waals surface area contributed by atoms with Crippen LogP contribution in [0.4, 0.5) is 0 Å². The summed E-state index contributed by atoms with van der Waals surface area (Å²) in [6, 6.07) is 0. The van der Waals surface area contributed by atoms with Gasteiger partial charge in [-0.15, -0.1) is 0 Å². The highest BCUT2D eigenvalue weighted by molar-refractivity contribution is 5.75. The average molecular weight is 158 g/mol. The van der Waals surface area contributed by atoms with E-state index in [0.717, 1.165) is 12.8 Å². The molecule has 1 amide bonds. The van der Waals surface area contributed by atoms with Gasteiger partial charge in [0.05, 0.1) is 11.6 Å². The number of nitrogens with two attached hydrogens (primary N) is 2. The Bertz CT molecular complexity index is 170. The van der Waals surface area contributed by atoms with Crippen molar-refractivity contribution in [3.63, 3.8) is 0 Å². The van der Waals surface area contributed by atoms with Crippen molar-refractivity contribution in [1.29, 1.82) is 0 Å². The monoisotopic (exact) mass is 158 g/mol. The maximum atomic E-state index is 10.6. The molecule has 1 rings (SSSR count). The third-order valence-electron chi connectivity index (χ3n) is 2.30. The van der Waals surface area contributed by atoms with Crippen LogP contribution in [-0.2, 0) is 9.53 Å². The molecule has 2 atom stereocenters. The number of carbonyl (C=O) groups is 1. The maximum absolute atomic E-state index is 10.6. The van der Waals surface area contributed by atoms with Gasteiger partial charge >= 0.3 is 0 Å². The third-order valence-corrected chi connectivity index (χ3v) is 2.30. The number of ether oxygens (including phenoxy) is 1. The Morgan fingerprint density at radius 3 is 2.73 bits per heavy atom. The van der Waals surface area contributed by atoms with Crippen molar-refractivity contribution >= 4 is 5.91 Å². The number of carbonyl (C=O) groups excluding carboxylic acids is 1. The lowest BCUT2D eigenvalue weighted by Crippen LogP contribution is -2.61. The van der Waals surface area contributed by atoms with Crippen LogP contribution in [0.15, 0.2) is 0 Å². The fourth-order valence-corrected chi connectivity index (χ4v) is 1.51. The molecule has 0 aromatic heterocycles. The van der Waals surface area contributed by atoms with E-state index in [-0.39, 0.29) is 18.4 Å². The summed E-state index contributed by atoms with van der Waals surface area (Å²) >= 11 is 0. The Morgan fingerprint density at radius 2 is 2.45 bits per heavy atom. The minimum atomic E-state index is -0.486. The number of hydrogen-bond acceptors (Lipinski definition) is 3. The SMILES string of the molecule is COC1CCC1(N)CC(N)=O. The zero-order chi connectivity index (χ0) is 8.48. The molecule has 1 aliphatic carbocycles. The third kappa shape index (κ3) is 1.52. The molecule has 0 radical (unpaired) electrons. The molecule has 1 aliphatic rings. The van der Waals surface area contributed by atoms with Gasteiger partial charge in [-0.2, -0.15) is 0 Å². The lowest BCUT2D eigenvalue weighted by Gasteiger charge is -2.44. The van der Waals surface area contributed by atoms with Crippen LogP contribution in [0, 0.1) is 0 Å². The largest absolute Gasteiger partial charge is 0.380 e. The summed E-state index contributed by atoms with van der Waals surface area (Å²) in [5.41, 5.74) is 10.4. The summed E-state index contributed by atoms with van der Waals surface area (Å²) in [4.78, 5) is 10.6. The zero-order valence-corrected chi connectivity index (χ0v) is 6.67. The lowest BCUT2D eigenvalue weighted by molar-refractivity contribution is -0.123. The van der Waals surface area contributed by atoms with Crippen LogP contribution in [0.5, 0.6) is 0 Å². The second kappa shape index (κ2) is 2.79. The normalized spacial score (nSPS) is 36.4. The van der Waals surface area contributed by atoms with Crippen molar-refractivity contribution in [1.82, 2.24) is 0 Å². The van der Waals surface area contributed by atoms with Gasteiger partial charge in [-0.3, -0.25) is 4.79 Å². The zero-order valence-electron chi connectivity index (χ0n) is 6.67. The molecule has 64 valence electrons. The van der Waals surface area contributed by atoms with Crippen molar-refractivity contribution in [2.45, 2.75) is 30.9 Å². The van der Waals surface area contributed by atoms with Crippen LogP contribution in [0.1, 0.15) is 19.3 Å². The second-order valence-corrected chi connectivity index (χ2v) is 3.14. The first-order chi connectivity index (χ1) is 5.08. The van der Waals surface area contributed by atoms with Gasteiger partial charge in [0.15, 0.2) is 0 Å². The maximum Gasteiger partial charge on any atom is 0.219 e. The highest BCUT2D eigenvalue weighted by Crippen LogP contribution is 2.34. The summed E-state index contributed by atoms with van der Waals surface area (Å²) in [5, 5.41) is 0. The molecule has 0 bridgehead atoms. The van der Waals surface area contributed by atoms with Gasteiger partial charge in [-0.05, 0) is 12.8 Å². The number of primary amides is 1. The predicted molar refractivity (Wildman–Crippen MR) is 40.8 cm³/mol. The Hall–Kier alpha value is -0.610. The van der Waals surface area contributed by atoms with Crippen molar-refractivity contribution < 1.29 is 9.53 Å². The van der Waals surface area contributed by atoms with E-state index < -0.39 is 5.54 Å². The van der Waals surface area contributed by atoms with Crippen LogP contribution in [-0.4, -0.2) is 24.7 Å².